The molecule has 1 aliphatic heterocycles. The number of benzene rings is 3. The number of aryl methyl sites for hydroxylation is 1. The third-order valence-corrected chi connectivity index (χ3v) is 5.90. The summed E-state index contributed by atoms with van der Waals surface area (Å²) in [7, 11) is 2.00. The van der Waals surface area contributed by atoms with Crippen LogP contribution in [-0.2, 0) is 13.5 Å². The van der Waals surface area contributed by atoms with Gasteiger partial charge in [0.2, 0.25) is 0 Å². The third kappa shape index (κ3) is 4.79. The molecule has 0 radical (unpaired) electrons. The highest BCUT2D eigenvalue weighted by Gasteiger charge is 2.21. The van der Waals surface area contributed by atoms with Crippen LogP contribution in [0.3, 0.4) is 0 Å². The zero-order valence-electron chi connectivity index (χ0n) is 18.3. The lowest BCUT2D eigenvalue weighted by Gasteiger charge is -2.22. The van der Waals surface area contributed by atoms with E-state index in [9.17, 15) is 4.79 Å². The Morgan fingerprint density at radius 3 is 2.64 bits per heavy atom. The lowest BCUT2D eigenvalue weighted by atomic mass is 9.90. The summed E-state index contributed by atoms with van der Waals surface area (Å²) in [6.45, 7) is 0.742. The quantitative estimate of drug-likeness (QED) is 0.294. The minimum Gasteiger partial charge on any atom is -0.351 e. The van der Waals surface area contributed by atoms with Crippen molar-refractivity contribution in [1.29, 1.82) is 0 Å². The Hall–Kier alpha value is -3.17. The largest absolute Gasteiger partial charge is 0.351 e. The first kappa shape index (κ1) is 23.0. The fraction of sp³-hybridized carbons (Fsp3) is 0.154. The van der Waals surface area contributed by atoms with Crippen molar-refractivity contribution in [3.63, 3.8) is 0 Å². The van der Waals surface area contributed by atoms with E-state index in [-0.39, 0.29) is 36.0 Å². The van der Waals surface area contributed by atoms with E-state index in [2.05, 4.69) is 22.8 Å². The number of halogens is 1. The summed E-state index contributed by atoms with van der Waals surface area (Å²) in [4.78, 5) is 17.3. The zero-order valence-corrected chi connectivity index (χ0v) is 20.6. The molecule has 1 aromatic heterocycles. The summed E-state index contributed by atoms with van der Waals surface area (Å²) in [5.41, 5.74) is 13.3. The average Bonchev–Trinajstić information content (AvgIpc) is 3.18. The summed E-state index contributed by atoms with van der Waals surface area (Å²) >= 11 is 0. The molecule has 0 fully saturated rings. The molecule has 0 bridgehead atoms. The predicted molar refractivity (Wildman–Crippen MR) is 146 cm³/mol. The second-order valence-electron chi connectivity index (χ2n) is 8.06. The maximum atomic E-state index is 12.6. The molecule has 3 aromatic carbocycles. The maximum Gasteiger partial charge on any atom is 0.323 e. The van der Waals surface area contributed by atoms with E-state index in [0.29, 0.717) is 5.69 Å². The zero-order chi connectivity index (χ0) is 22.1. The molecule has 2 amide bonds. The molecule has 6 nitrogen and oxygen atoms in total. The molecule has 2 heterocycles. The van der Waals surface area contributed by atoms with Crippen molar-refractivity contribution in [2.45, 2.75) is 12.5 Å². The van der Waals surface area contributed by atoms with Crippen molar-refractivity contribution in [2.24, 2.45) is 17.8 Å². The Labute approximate surface area is 209 Å². The van der Waals surface area contributed by atoms with Crippen LogP contribution < -0.4 is 16.4 Å². The van der Waals surface area contributed by atoms with Gasteiger partial charge in [0.25, 0.3) is 0 Å². The molecule has 1 atom stereocenters. The molecule has 1 aliphatic rings. The summed E-state index contributed by atoms with van der Waals surface area (Å²) < 4.78 is 2.04. The highest BCUT2D eigenvalue weighted by molar-refractivity contribution is 14.0. The van der Waals surface area contributed by atoms with Crippen LogP contribution in [0, 0.1) is 0 Å². The SMILES string of the molecule is Cn1ccc2cc(NC(=O)Nc3cccc(C(N)C4=NCCc5ccccc54)c3)ccc21.I. The minimum absolute atomic E-state index is 0. The summed E-state index contributed by atoms with van der Waals surface area (Å²) in [6.07, 6.45) is 2.93. The van der Waals surface area contributed by atoms with Gasteiger partial charge in [0.15, 0.2) is 0 Å². The number of hydrogen-bond acceptors (Lipinski definition) is 3. The van der Waals surface area contributed by atoms with Crippen molar-refractivity contribution in [1.82, 2.24) is 4.57 Å². The van der Waals surface area contributed by atoms with Crippen LogP contribution in [0.2, 0.25) is 0 Å². The fourth-order valence-electron chi connectivity index (χ4n) is 4.26. The third-order valence-electron chi connectivity index (χ3n) is 5.90. The number of anilines is 2. The highest BCUT2D eigenvalue weighted by Crippen LogP contribution is 2.25. The Balaban J connectivity index is 0.00000259. The molecule has 4 aromatic rings. The minimum atomic E-state index is -0.359. The number of hydrogen-bond donors (Lipinski definition) is 3. The predicted octanol–water partition coefficient (Wildman–Crippen LogP) is 5.49. The van der Waals surface area contributed by atoms with Gasteiger partial charge in [0, 0.05) is 47.6 Å². The van der Waals surface area contributed by atoms with Gasteiger partial charge in [-0.15, -0.1) is 24.0 Å². The van der Waals surface area contributed by atoms with Gasteiger partial charge in [-0.1, -0.05) is 36.4 Å². The fourth-order valence-corrected chi connectivity index (χ4v) is 4.26. The highest BCUT2D eigenvalue weighted by atomic mass is 127. The van der Waals surface area contributed by atoms with Crippen molar-refractivity contribution >= 4 is 58.0 Å². The van der Waals surface area contributed by atoms with Crippen molar-refractivity contribution in [3.8, 4) is 0 Å². The van der Waals surface area contributed by atoms with Crippen molar-refractivity contribution in [2.75, 3.05) is 17.2 Å². The van der Waals surface area contributed by atoms with Gasteiger partial charge in [-0.3, -0.25) is 4.99 Å². The van der Waals surface area contributed by atoms with Crippen LogP contribution in [0.4, 0.5) is 16.2 Å². The number of aliphatic imine (C=N–C) groups is 1. The van der Waals surface area contributed by atoms with Gasteiger partial charge in [-0.05, 0) is 53.9 Å². The number of carbonyl (C=O) groups is 1. The van der Waals surface area contributed by atoms with Gasteiger partial charge in [-0.2, -0.15) is 0 Å². The molecule has 0 aliphatic carbocycles. The molecule has 0 spiro atoms. The standard InChI is InChI=1S/C26H25N5O.HI/c1-31-14-12-18-15-21(9-10-23(18)31)30-26(32)29-20-7-4-6-19(16-20)24(27)25-22-8-3-2-5-17(22)11-13-28-25;/h2-10,12,14-16,24H,11,13,27H2,1H3,(H2,29,30,32);1H. The summed E-state index contributed by atoms with van der Waals surface area (Å²) in [5.74, 6) is 0. The van der Waals surface area contributed by atoms with Crippen LogP contribution >= 0.6 is 24.0 Å². The Kier molecular flexibility index (Phi) is 6.80. The van der Waals surface area contributed by atoms with E-state index < -0.39 is 0 Å². The van der Waals surface area contributed by atoms with E-state index in [4.69, 9.17) is 10.7 Å². The molecule has 5 rings (SSSR count). The number of amides is 2. The molecular formula is C26H26IN5O. The number of carbonyl (C=O) groups excluding carboxylic acids is 1. The Morgan fingerprint density at radius 2 is 1.79 bits per heavy atom. The molecule has 33 heavy (non-hydrogen) atoms. The van der Waals surface area contributed by atoms with Crippen LogP contribution in [0.1, 0.15) is 22.7 Å². The van der Waals surface area contributed by atoms with E-state index in [1.807, 2.05) is 78.5 Å². The maximum absolute atomic E-state index is 12.6. The number of rotatable bonds is 4. The average molecular weight is 551 g/mol. The first-order valence-corrected chi connectivity index (χ1v) is 10.7. The number of fused-ring (bicyclic) bond motifs is 2. The van der Waals surface area contributed by atoms with Crippen molar-refractivity contribution in [3.05, 3.63) is 95.7 Å². The molecule has 1 unspecified atom stereocenters. The second-order valence-corrected chi connectivity index (χ2v) is 8.06. The molecule has 0 saturated heterocycles. The monoisotopic (exact) mass is 551 g/mol. The Bertz CT molecular complexity index is 1340. The first-order valence-electron chi connectivity index (χ1n) is 10.7. The van der Waals surface area contributed by atoms with Crippen molar-refractivity contribution < 1.29 is 4.79 Å². The number of nitrogens with zero attached hydrogens (tertiary/aromatic N) is 2. The normalized spacial score (nSPS) is 13.5. The van der Waals surface area contributed by atoms with E-state index in [1.165, 1.54) is 5.56 Å². The number of aromatic nitrogens is 1. The van der Waals surface area contributed by atoms with Gasteiger partial charge in [0.05, 0.1) is 11.8 Å². The molecular weight excluding hydrogens is 525 g/mol. The van der Waals surface area contributed by atoms with Crippen LogP contribution in [0.15, 0.2) is 84.0 Å². The molecule has 4 N–H and O–H groups in total. The second kappa shape index (κ2) is 9.76. The number of nitrogens with one attached hydrogen (secondary N) is 2. The summed E-state index contributed by atoms with van der Waals surface area (Å²) in [5, 5.41) is 6.89. The smallest absolute Gasteiger partial charge is 0.323 e. The lowest BCUT2D eigenvalue weighted by molar-refractivity contribution is 0.262. The van der Waals surface area contributed by atoms with Gasteiger partial charge in [0.1, 0.15) is 0 Å². The van der Waals surface area contributed by atoms with E-state index >= 15 is 0 Å². The van der Waals surface area contributed by atoms with Crippen LogP contribution in [0.5, 0.6) is 0 Å². The van der Waals surface area contributed by atoms with Gasteiger partial charge < -0.3 is 20.9 Å². The molecule has 7 heteroatoms. The van der Waals surface area contributed by atoms with Crippen LogP contribution in [0.25, 0.3) is 10.9 Å². The lowest BCUT2D eigenvalue weighted by Crippen LogP contribution is -2.26. The topological polar surface area (TPSA) is 84.4 Å². The molecule has 168 valence electrons. The van der Waals surface area contributed by atoms with Gasteiger partial charge >= 0.3 is 6.03 Å². The number of urea groups is 1. The molecule has 0 saturated carbocycles. The first-order chi connectivity index (χ1) is 15.6. The summed E-state index contributed by atoms with van der Waals surface area (Å²) in [6, 6.07) is 23.1. The number of nitrogens with two attached hydrogens (primary N) is 1. The van der Waals surface area contributed by atoms with E-state index in [0.717, 1.165) is 46.4 Å². The van der Waals surface area contributed by atoms with Crippen LogP contribution in [-0.4, -0.2) is 22.9 Å². The van der Waals surface area contributed by atoms with Gasteiger partial charge in [-0.25, -0.2) is 4.79 Å². The van der Waals surface area contributed by atoms with E-state index in [1.54, 1.807) is 0 Å². The Morgan fingerprint density at radius 1 is 1.00 bits per heavy atom.